The van der Waals surface area contributed by atoms with Gasteiger partial charge < -0.3 is 4.74 Å². The Balaban J connectivity index is 1.81. The molecule has 140 valence electrons. The Kier molecular flexibility index (Phi) is 5.21. The van der Waals surface area contributed by atoms with E-state index in [1.165, 1.54) is 39.2 Å². The molecule has 0 aliphatic heterocycles. The van der Waals surface area contributed by atoms with Crippen LogP contribution in [0.15, 0.2) is 15.7 Å². The Labute approximate surface area is 149 Å². The highest BCUT2D eigenvalue weighted by Gasteiger charge is 2.56. The van der Waals surface area contributed by atoms with Crippen molar-refractivity contribution in [2.24, 2.45) is 19.5 Å². The van der Waals surface area contributed by atoms with Gasteiger partial charge in [0, 0.05) is 50.5 Å². The quantitative estimate of drug-likeness (QED) is 0.811. The van der Waals surface area contributed by atoms with Crippen molar-refractivity contribution in [3.8, 4) is 0 Å². The maximum Gasteiger partial charge on any atom is 0.330 e. The number of hydrogen-bond acceptors (Lipinski definition) is 4. The van der Waals surface area contributed by atoms with Crippen LogP contribution in [0.4, 0.5) is 0 Å². The summed E-state index contributed by atoms with van der Waals surface area (Å²) in [6, 6.07) is 2.05. The second-order valence-electron chi connectivity index (χ2n) is 7.78. The van der Waals surface area contributed by atoms with Crippen LogP contribution in [0.25, 0.3) is 0 Å². The molecule has 2 unspecified atom stereocenters. The molecular weight excluding hydrogens is 318 g/mol. The van der Waals surface area contributed by atoms with E-state index >= 15 is 0 Å². The molecule has 25 heavy (non-hydrogen) atoms. The molecule has 1 aromatic heterocycles. The summed E-state index contributed by atoms with van der Waals surface area (Å²) in [6.45, 7) is 3.46. The zero-order valence-electron chi connectivity index (χ0n) is 16.0. The van der Waals surface area contributed by atoms with E-state index in [1.807, 2.05) is 0 Å². The van der Waals surface area contributed by atoms with Crippen LogP contribution < -0.4 is 11.2 Å². The van der Waals surface area contributed by atoms with Crippen LogP contribution >= 0.6 is 0 Å². The number of hydrogen-bond donors (Lipinski definition) is 0. The van der Waals surface area contributed by atoms with Crippen molar-refractivity contribution in [3.63, 3.8) is 0 Å². The van der Waals surface area contributed by atoms with E-state index in [0.717, 1.165) is 23.3 Å². The van der Waals surface area contributed by atoms with Gasteiger partial charge in [-0.3, -0.25) is 18.8 Å². The van der Waals surface area contributed by atoms with Gasteiger partial charge in [-0.05, 0) is 33.2 Å². The lowest BCUT2D eigenvalue weighted by atomic mass is 9.54. The fraction of sp³-hybridized carbons (Fsp3) is 0.789. The summed E-state index contributed by atoms with van der Waals surface area (Å²) in [5.74, 6) is 0. The Bertz CT molecular complexity index is 730. The first-order valence-corrected chi connectivity index (χ1v) is 9.48. The molecule has 0 radical (unpaired) electrons. The molecule has 1 spiro atoms. The average Bonchev–Trinajstić information content (AvgIpc) is 2.61. The SMILES string of the molecule is CCOC1CC(N(C)Cc2cc(=O)n(C)c(=O)n2C)C12CCCCC2. The molecule has 0 amide bonds. The van der Waals surface area contributed by atoms with Crippen LogP contribution in [0.5, 0.6) is 0 Å². The molecule has 0 bridgehead atoms. The summed E-state index contributed by atoms with van der Waals surface area (Å²) in [5.41, 5.74) is 0.534. The second kappa shape index (κ2) is 7.08. The van der Waals surface area contributed by atoms with Crippen LogP contribution in [-0.4, -0.2) is 39.8 Å². The van der Waals surface area contributed by atoms with Crippen molar-refractivity contribution < 1.29 is 4.74 Å². The summed E-state index contributed by atoms with van der Waals surface area (Å²) in [6.07, 6.45) is 7.72. The Morgan fingerprint density at radius 3 is 2.52 bits per heavy atom. The van der Waals surface area contributed by atoms with Gasteiger partial charge in [-0.15, -0.1) is 0 Å². The highest BCUT2D eigenvalue weighted by Crippen LogP contribution is 2.55. The van der Waals surface area contributed by atoms with Crippen LogP contribution in [0.1, 0.15) is 51.1 Å². The summed E-state index contributed by atoms with van der Waals surface area (Å²) >= 11 is 0. The van der Waals surface area contributed by atoms with E-state index in [9.17, 15) is 9.59 Å². The largest absolute Gasteiger partial charge is 0.378 e. The second-order valence-corrected chi connectivity index (χ2v) is 7.78. The number of ether oxygens (including phenoxy) is 1. The van der Waals surface area contributed by atoms with Gasteiger partial charge >= 0.3 is 5.69 Å². The highest BCUT2D eigenvalue weighted by atomic mass is 16.5. The van der Waals surface area contributed by atoms with E-state index < -0.39 is 0 Å². The van der Waals surface area contributed by atoms with Gasteiger partial charge in [0.2, 0.25) is 0 Å². The lowest BCUT2D eigenvalue weighted by molar-refractivity contribution is -0.180. The molecule has 0 aromatic carbocycles. The van der Waals surface area contributed by atoms with Gasteiger partial charge in [0.1, 0.15) is 0 Å². The summed E-state index contributed by atoms with van der Waals surface area (Å²) in [5, 5.41) is 0. The zero-order chi connectivity index (χ0) is 18.2. The first-order chi connectivity index (χ1) is 11.9. The van der Waals surface area contributed by atoms with Crippen molar-refractivity contribution >= 4 is 0 Å². The van der Waals surface area contributed by atoms with Gasteiger partial charge in [-0.25, -0.2) is 4.79 Å². The Morgan fingerprint density at radius 2 is 1.88 bits per heavy atom. The third kappa shape index (κ3) is 3.10. The van der Waals surface area contributed by atoms with Crippen LogP contribution in [0.3, 0.4) is 0 Å². The van der Waals surface area contributed by atoms with Gasteiger partial charge in [0.15, 0.2) is 0 Å². The van der Waals surface area contributed by atoms with Crippen molar-refractivity contribution in [1.29, 1.82) is 0 Å². The lowest BCUT2D eigenvalue weighted by Crippen LogP contribution is -2.64. The highest BCUT2D eigenvalue weighted by molar-refractivity contribution is 5.11. The van der Waals surface area contributed by atoms with E-state index in [4.69, 9.17) is 4.74 Å². The first kappa shape index (κ1) is 18.4. The van der Waals surface area contributed by atoms with E-state index in [1.54, 1.807) is 17.7 Å². The number of rotatable bonds is 5. The minimum absolute atomic E-state index is 0.236. The normalized spacial score (nSPS) is 25.3. The minimum Gasteiger partial charge on any atom is -0.378 e. The monoisotopic (exact) mass is 349 g/mol. The van der Waals surface area contributed by atoms with Crippen molar-refractivity contribution in [1.82, 2.24) is 14.0 Å². The zero-order valence-corrected chi connectivity index (χ0v) is 16.0. The van der Waals surface area contributed by atoms with Gasteiger partial charge in [0.25, 0.3) is 5.56 Å². The van der Waals surface area contributed by atoms with Gasteiger partial charge in [-0.2, -0.15) is 0 Å². The third-order valence-corrected chi connectivity index (χ3v) is 6.46. The molecule has 2 atom stereocenters. The molecule has 6 nitrogen and oxygen atoms in total. The minimum atomic E-state index is -0.260. The van der Waals surface area contributed by atoms with Crippen LogP contribution in [0, 0.1) is 5.41 Å². The van der Waals surface area contributed by atoms with Gasteiger partial charge in [0.05, 0.1) is 6.10 Å². The lowest BCUT2D eigenvalue weighted by Gasteiger charge is -2.60. The van der Waals surface area contributed by atoms with Crippen molar-refractivity contribution in [2.75, 3.05) is 13.7 Å². The third-order valence-electron chi connectivity index (χ3n) is 6.46. The smallest absolute Gasteiger partial charge is 0.330 e. The molecule has 1 heterocycles. The average molecular weight is 349 g/mol. The van der Waals surface area contributed by atoms with Crippen molar-refractivity contribution in [2.45, 2.75) is 64.1 Å². The molecule has 0 N–H and O–H groups in total. The Hall–Kier alpha value is -1.40. The fourth-order valence-electron chi connectivity index (χ4n) is 4.94. The van der Waals surface area contributed by atoms with Crippen LogP contribution in [-0.2, 0) is 25.4 Å². The maximum atomic E-state index is 12.2. The van der Waals surface area contributed by atoms with Crippen molar-refractivity contribution in [3.05, 3.63) is 32.6 Å². The summed E-state index contributed by atoms with van der Waals surface area (Å²) in [4.78, 5) is 26.5. The molecule has 6 heteroatoms. The van der Waals surface area contributed by atoms with E-state index in [-0.39, 0.29) is 16.7 Å². The molecule has 3 rings (SSSR count). The van der Waals surface area contributed by atoms with E-state index in [0.29, 0.717) is 18.7 Å². The predicted molar refractivity (Wildman–Crippen MR) is 97.7 cm³/mol. The topological polar surface area (TPSA) is 56.5 Å². The van der Waals surface area contributed by atoms with E-state index in [2.05, 4.69) is 18.9 Å². The van der Waals surface area contributed by atoms with Crippen LogP contribution in [0.2, 0.25) is 0 Å². The predicted octanol–water partition coefficient (Wildman–Crippen LogP) is 1.64. The maximum absolute atomic E-state index is 12.2. The molecular formula is C19H31N3O3. The number of aromatic nitrogens is 2. The number of nitrogens with zero attached hydrogens (tertiary/aromatic N) is 3. The molecule has 0 saturated heterocycles. The standard InChI is InChI=1S/C19H31N3O3/c1-5-25-16-12-15(19(16)9-7-6-8-10-19)20(2)13-14-11-17(23)22(4)18(24)21(14)3/h11,15-16H,5-10,12-13H2,1-4H3. The molecule has 1 aromatic rings. The molecule has 2 saturated carbocycles. The molecule has 2 fully saturated rings. The first-order valence-electron chi connectivity index (χ1n) is 9.48. The summed E-state index contributed by atoms with van der Waals surface area (Å²) in [7, 11) is 5.38. The fourth-order valence-corrected chi connectivity index (χ4v) is 4.94. The molecule has 2 aliphatic rings. The molecule has 2 aliphatic carbocycles. The van der Waals surface area contributed by atoms with Gasteiger partial charge in [-0.1, -0.05) is 19.3 Å². The Morgan fingerprint density at radius 1 is 1.20 bits per heavy atom. The summed E-state index contributed by atoms with van der Waals surface area (Å²) < 4.78 is 8.79.